The van der Waals surface area contributed by atoms with E-state index in [2.05, 4.69) is 36.4 Å². The fourth-order valence-corrected chi connectivity index (χ4v) is 4.52. The van der Waals surface area contributed by atoms with Gasteiger partial charge in [0.25, 0.3) is 0 Å². The van der Waals surface area contributed by atoms with E-state index in [-0.39, 0.29) is 12.6 Å². The summed E-state index contributed by atoms with van der Waals surface area (Å²) in [6, 6.07) is 30.9. The summed E-state index contributed by atoms with van der Waals surface area (Å²) in [5.74, 6) is -0.187. The molecule has 0 bridgehead atoms. The van der Waals surface area contributed by atoms with E-state index < -0.39 is 11.2 Å². The normalized spacial score (nSPS) is 18.2. The number of benzene rings is 3. The molecule has 3 aromatic rings. The van der Waals surface area contributed by atoms with Crippen LogP contribution in [0.4, 0.5) is 0 Å². The summed E-state index contributed by atoms with van der Waals surface area (Å²) in [4.78, 5) is 12.1. The Hall–Kier alpha value is -2.95. The van der Waals surface area contributed by atoms with Gasteiger partial charge in [-0.05, 0) is 36.0 Å². The molecular formula is C29H32O4. The van der Waals surface area contributed by atoms with Crippen molar-refractivity contribution in [2.45, 2.75) is 43.8 Å². The maximum Gasteiger partial charge on any atom is 0.305 e. The number of hydrogen-bond acceptors (Lipinski definition) is 4. The van der Waals surface area contributed by atoms with Crippen LogP contribution < -0.4 is 0 Å². The number of esters is 1. The molecule has 1 atom stereocenters. The van der Waals surface area contributed by atoms with Crippen molar-refractivity contribution in [3.63, 3.8) is 0 Å². The lowest BCUT2D eigenvalue weighted by atomic mass is 9.80. The maximum absolute atomic E-state index is 12.1. The van der Waals surface area contributed by atoms with Crippen LogP contribution >= 0.6 is 0 Å². The SMILES string of the molecule is CCCC(=O)OC[C@@]1(COC(c2ccccc2)(c2ccccc2)c2ccccc2)CCCO1. The van der Waals surface area contributed by atoms with Crippen LogP contribution in [0.1, 0.15) is 49.3 Å². The molecule has 1 aliphatic heterocycles. The van der Waals surface area contributed by atoms with Crippen molar-refractivity contribution < 1.29 is 19.0 Å². The van der Waals surface area contributed by atoms with E-state index in [0.717, 1.165) is 36.0 Å². The van der Waals surface area contributed by atoms with E-state index >= 15 is 0 Å². The highest BCUT2D eigenvalue weighted by molar-refractivity contribution is 5.69. The van der Waals surface area contributed by atoms with Crippen molar-refractivity contribution >= 4 is 5.97 Å². The van der Waals surface area contributed by atoms with Gasteiger partial charge in [-0.15, -0.1) is 0 Å². The summed E-state index contributed by atoms with van der Waals surface area (Å²) >= 11 is 0. The molecule has 1 fully saturated rings. The Labute approximate surface area is 196 Å². The van der Waals surface area contributed by atoms with Crippen LogP contribution in [0.3, 0.4) is 0 Å². The molecule has 1 heterocycles. The molecule has 0 spiro atoms. The van der Waals surface area contributed by atoms with Crippen LogP contribution in [0.5, 0.6) is 0 Å². The van der Waals surface area contributed by atoms with E-state index in [1.54, 1.807) is 0 Å². The molecular weight excluding hydrogens is 412 g/mol. The van der Waals surface area contributed by atoms with Crippen LogP contribution in [0.25, 0.3) is 0 Å². The summed E-state index contributed by atoms with van der Waals surface area (Å²) in [6.07, 6.45) is 2.89. The lowest BCUT2D eigenvalue weighted by Gasteiger charge is -2.39. The monoisotopic (exact) mass is 444 g/mol. The Morgan fingerprint density at radius 1 is 0.848 bits per heavy atom. The molecule has 172 valence electrons. The minimum Gasteiger partial charge on any atom is -0.463 e. The average molecular weight is 445 g/mol. The zero-order valence-electron chi connectivity index (χ0n) is 19.2. The molecule has 0 saturated carbocycles. The first-order valence-corrected chi connectivity index (χ1v) is 11.8. The number of carbonyl (C=O) groups excluding carboxylic acids is 1. The number of carbonyl (C=O) groups is 1. The molecule has 3 aromatic carbocycles. The molecule has 4 heteroatoms. The third-order valence-electron chi connectivity index (χ3n) is 6.23. The topological polar surface area (TPSA) is 44.8 Å². The summed E-state index contributed by atoms with van der Waals surface area (Å²) in [7, 11) is 0. The fourth-order valence-electron chi connectivity index (χ4n) is 4.52. The molecule has 0 N–H and O–H groups in total. The maximum atomic E-state index is 12.1. The minimum atomic E-state index is -0.823. The Kier molecular flexibility index (Phi) is 7.58. The smallest absolute Gasteiger partial charge is 0.305 e. The van der Waals surface area contributed by atoms with Crippen LogP contribution in [-0.2, 0) is 24.6 Å². The lowest BCUT2D eigenvalue weighted by Crippen LogP contribution is -2.44. The Balaban J connectivity index is 1.73. The second-order valence-corrected chi connectivity index (χ2v) is 8.61. The zero-order valence-corrected chi connectivity index (χ0v) is 19.2. The second kappa shape index (κ2) is 10.8. The quantitative estimate of drug-likeness (QED) is 0.289. The molecule has 4 nitrogen and oxygen atoms in total. The molecule has 0 amide bonds. The Bertz CT molecular complexity index is 899. The molecule has 1 aliphatic rings. The molecule has 33 heavy (non-hydrogen) atoms. The standard InChI is InChI=1S/C29H32O4/c1-2-13-27(30)31-22-28(20-12-21-32-28)23-33-29(24-14-6-3-7-15-24,25-16-8-4-9-17-25)26-18-10-5-11-19-26/h3-11,14-19H,2,12-13,20-23H2,1H3/t28-/m1/s1. The molecule has 0 aliphatic carbocycles. The van der Waals surface area contributed by atoms with Gasteiger partial charge in [0, 0.05) is 13.0 Å². The highest BCUT2D eigenvalue weighted by Gasteiger charge is 2.43. The van der Waals surface area contributed by atoms with E-state index in [1.807, 2.05) is 61.5 Å². The van der Waals surface area contributed by atoms with Gasteiger partial charge in [0.2, 0.25) is 0 Å². The first kappa shape index (κ1) is 23.2. The van der Waals surface area contributed by atoms with Crippen LogP contribution in [0, 0.1) is 0 Å². The molecule has 4 rings (SSSR count). The summed E-state index contributed by atoms with van der Waals surface area (Å²) < 4.78 is 18.7. The lowest BCUT2D eigenvalue weighted by molar-refractivity contribution is -0.162. The van der Waals surface area contributed by atoms with Crippen molar-refractivity contribution in [3.05, 3.63) is 108 Å². The second-order valence-electron chi connectivity index (χ2n) is 8.61. The molecule has 0 radical (unpaired) electrons. The average Bonchev–Trinajstić information content (AvgIpc) is 3.35. The number of hydrogen-bond donors (Lipinski definition) is 0. The van der Waals surface area contributed by atoms with Gasteiger partial charge >= 0.3 is 5.97 Å². The third-order valence-corrected chi connectivity index (χ3v) is 6.23. The van der Waals surface area contributed by atoms with Gasteiger partial charge in [-0.1, -0.05) is 97.9 Å². The van der Waals surface area contributed by atoms with Crippen LogP contribution in [-0.4, -0.2) is 31.4 Å². The van der Waals surface area contributed by atoms with Gasteiger partial charge in [0.05, 0.1) is 6.61 Å². The Morgan fingerprint density at radius 3 is 1.79 bits per heavy atom. The van der Waals surface area contributed by atoms with Crippen molar-refractivity contribution in [2.24, 2.45) is 0 Å². The van der Waals surface area contributed by atoms with Crippen molar-refractivity contribution in [2.75, 3.05) is 19.8 Å². The van der Waals surface area contributed by atoms with Crippen molar-refractivity contribution in [1.29, 1.82) is 0 Å². The third kappa shape index (κ3) is 5.18. The number of rotatable bonds is 10. The van der Waals surface area contributed by atoms with Crippen molar-refractivity contribution in [1.82, 2.24) is 0 Å². The zero-order chi connectivity index (χ0) is 23.0. The fraction of sp³-hybridized carbons (Fsp3) is 0.345. The van der Waals surface area contributed by atoms with E-state index in [0.29, 0.717) is 19.6 Å². The summed E-state index contributed by atoms with van der Waals surface area (Å²) in [5, 5.41) is 0. The van der Waals surface area contributed by atoms with Crippen LogP contribution in [0.2, 0.25) is 0 Å². The van der Waals surface area contributed by atoms with Gasteiger partial charge in [-0.3, -0.25) is 4.79 Å². The molecule has 0 unspecified atom stereocenters. The predicted molar refractivity (Wildman–Crippen MR) is 129 cm³/mol. The number of ether oxygens (including phenoxy) is 3. The van der Waals surface area contributed by atoms with Crippen LogP contribution in [0.15, 0.2) is 91.0 Å². The van der Waals surface area contributed by atoms with Crippen molar-refractivity contribution in [3.8, 4) is 0 Å². The van der Waals surface area contributed by atoms with Gasteiger partial charge in [-0.25, -0.2) is 0 Å². The summed E-state index contributed by atoms with van der Waals surface area (Å²) in [6.45, 7) is 3.13. The van der Waals surface area contributed by atoms with Gasteiger partial charge in [0.15, 0.2) is 0 Å². The van der Waals surface area contributed by atoms with E-state index in [9.17, 15) is 4.79 Å². The minimum absolute atomic E-state index is 0.187. The molecule has 0 aromatic heterocycles. The van der Waals surface area contributed by atoms with E-state index in [1.165, 1.54) is 0 Å². The Morgan fingerprint density at radius 2 is 1.36 bits per heavy atom. The predicted octanol–water partition coefficient (Wildman–Crippen LogP) is 5.89. The highest BCUT2D eigenvalue weighted by Crippen LogP contribution is 2.42. The largest absolute Gasteiger partial charge is 0.463 e. The molecule has 1 saturated heterocycles. The summed E-state index contributed by atoms with van der Waals surface area (Å²) in [5.41, 5.74) is 1.65. The van der Waals surface area contributed by atoms with Gasteiger partial charge in [-0.2, -0.15) is 0 Å². The van der Waals surface area contributed by atoms with E-state index in [4.69, 9.17) is 14.2 Å². The first-order valence-electron chi connectivity index (χ1n) is 11.8. The first-order chi connectivity index (χ1) is 16.2. The van der Waals surface area contributed by atoms with Gasteiger partial charge in [0.1, 0.15) is 17.8 Å². The van der Waals surface area contributed by atoms with Gasteiger partial charge < -0.3 is 14.2 Å². The highest BCUT2D eigenvalue weighted by atomic mass is 16.6.